The number of hydrogen-bond donors (Lipinski definition) is 1. The standard InChI is InChI=1S/C17H12N2O4S/c20-15-14(8-2-6-13-7-3-9-23-13)24-17(19-15)18-12-5-1-4-11(10-12)16(21)22/h1-10H,(H,21,22)(H,18,19,20)/p-1/b6-2+,14-8-. The Kier molecular flexibility index (Phi) is 4.62. The van der Waals surface area contributed by atoms with E-state index in [2.05, 4.69) is 10.3 Å². The minimum Gasteiger partial charge on any atom is -0.545 e. The lowest BCUT2D eigenvalue weighted by Crippen LogP contribution is -2.22. The molecule has 7 heteroatoms. The number of carbonyl (C=O) groups excluding carboxylic acids is 2. The monoisotopic (exact) mass is 339 g/mol. The molecule has 0 aliphatic carbocycles. The molecule has 3 rings (SSSR count). The number of rotatable bonds is 4. The van der Waals surface area contributed by atoms with E-state index in [-0.39, 0.29) is 11.5 Å². The van der Waals surface area contributed by atoms with Gasteiger partial charge < -0.3 is 19.6 Å². The SMILES string of the molecule is O=C1NC(=Nc2cccc(C(=O)[O-])c2)S/C1=C\C=C\c1ccco1. The fraction of sp³-hybridized carbons (Fsp3) is 0. The highest BCUT2D eigenvalue weighted by Crippen LogP contribution is 2.26. The number of nitrogens with one attached hydrogen (secondary N) is 1. The molecule has 1 aromatic heterocycles. The van der Waals surface area contributed by atoms with Gasteiger partial charge in [-0.25, -0.2) is 4.99 Å². The molecular weight excluding hydrogens is 328 g/mol. The zero-order valence-electron chi connectivity index (χ0n) is 12.3. The molecule has 1 N–H and O–H groups in total. The Labute approximate surface area is 141 Å². The fourth-order valence-corrected chi connectivity index (χ4v) is 2.72. The van der Waals surface area contributed by atoms with Crippen LogP contribution in [0.15, 0.2) is 69.1 Å². The van der Waals surface area contributed by atoms with Gasteiger partial charge in [-0.05, 0) is 53.7 Å². The number of aromatic carboxylic acids is 1. The van der Waals surface area contributed by atoms with Crippen molar-refractivity contribution in [3.8, 4) is 0 Å². The number of nitrogens with zero attached hydrogens (tertiary/aromatic N) is 1. The number of aliphatic imine (C=N–C) groups is 1. The van der Waals surface area contributed by atoms with E-state index in [0.29, 0.717) is 21.5 Å². The van der Waals surface area contributed by atoms with Gasteiger partial charge in [0, 0.05) is 0 Å². The van der Waals surface area contributed by atoms with Crippen LogP contribution in [0.25, 0.3) is 6.08 Å². The van der Waals surface area contributed by atoms with Crippen LogP contribution >= 0.6 is 11.8 Å². The summed E-state index contributed by atoms with van der Waals surface area (Å²) in [6.45, 7) is 0. The van der Waals surface area contributed by atoms with Crippen LogP contribution in [0.4, 0.5) is 5.69 Å². The minimum atomic E-state index is -1.27. The van der Waals surface area contributed by atoms with Crippen molar-refractivity contribution in [2.24, 2.45) is 4.99 Å². The van der Waals surface area contributed by atoms with Gasteiger partial charge in [0.1, 0.15) is 5.76 Å². The van der Waals surface area contributed by atoms with Crippen LogP contribution < -0.4 is 10.4 Å². The summed E-state index contributed by atoms with van der Waals surface area (Å²) in [5.41, 5.74) is 0.454. The van der Waals surface area contributed by atoms with Crippen molar-refractivity contribution in [2.45, 2.75) is 0 Å². The van der Waals surface area contributed by atoms with E-state index in [9.17, 15) is 14.7 Å². The van der Waals surface area contributed by atoms with Crippen LogP contribution in [-0.4, -0.2) is 17.0 Å². The maximum absolute atomic E-state index is 11.9. The zero-order chi connectivity index (χ0) is 16.9. The molecular formula is C17H11N2O4S-. The highest BCUT2D eigenvalue weighted by molar-refractivity contribution is 8.18. The molecule has 1 aromatic carbocycles. The first-order valence-corrected chi connectivity index (χ1v) is 7.74. The number of amidine groups is 1. The average molecular weight is 339 g/mol. The fourth-order valence-electron chi connectivity index (χ4n) is 1.93. The number of carbonyl (C=O) groups is 2. The molecule has 24 heavy (non-hydrogen) atoms. The van der Waals surface area contributed by atoms with E-state index in [4.69, 9.17) is 4.42 Å². The summed E-state index contributed by atoms with van der Waals surface area (Å²) in [5.74, 6) is -0.856. The van der Waals surface area contributed by atoms with Crippen molar-refractivity contribution < 1.29 is 19.1 Å². The molecule has 0 saturated carbocycles. The van der Waals surface area contributed by atoms with Gasteiger partial charge in [0.15, 0.2) is 5.17 Å². The topological polar surface area (TPSA) is 94.7 Å². The van der Waals surface area contributed by atoms with Gasteiger partial charge in [0.2, 0.25) is 0 Å². The largest absolute Gasteiger partial charge is 0.545 e. The summed E-state index contributed by atoms with van der Waals surface area (Å²) >= 11 is 1.17. The molecule has 1 amide bonds. The van der Waals surface area contributed by atoms with Gasteiger partial charge in [-0.15, -0.1) is 0 Å². The number of allylic oxidation sites excluding steroid dienone is 2. The number of thioether (sulfide) groups is 1. The highest BCUT2D eigenvalue weighted by Gasteiger charge is 2.23. The van der Waals surface area contributed by atoms with E-state index in [1.54, 1.807) is 48.8 Å². The van der Waals surface area contributed by atoms with Crippen molar-refractivity contribution in [1.29, 1.82) is 0 Å². The molecule has 1 saturated heterocycles. The summed E-state index contributed by atoms with van der Waals surface area (Å²) < 4.78 is 5.16. The second-order valence-corrected chi connectivity index (χ2v) is 5.75. The Hall–Kier alpha value is -3.06. The number of furan rings is 1. The van der Waals surface area contributed by atoms with Crippen LogP contribution in [0.3, 0.4) is 0 Å². The summed E-state index contributed by atoms with van der Waals surface area (Å²) in [6, 6.07) is 9.58. The normalized spacial score (nSPS) is 17.8. The van der Waals surface area contributed by atoms with Crippen molar-refractivity contribution in [2.75, 3.05) is 0 Å². The Morgan fingerprint density at radius 3 is 2.92 bits per heavy atom. The predicted molar refractivity (Wildman–Crippen MR) is 89.4 cm³/mol. The first-order valence-electron chi connectivity index (χ1n) is 6.93. The first-order chi connectivity index (χ1) is 11.6. The third-order valence-corrected chi connectivity index (χ3v) is 3.94. The molecule has 0 radical (unpaired) electrons. The molecule has 6 nitrogen and oxygen atoms in total. The summed E-state index contributed by atoms with van der Waals surface area (Å²) in [7, 11) is 0. The van der Waals surface area contributed by atoms with Gasteiger partial charge in [0.05, 0.1) is 22.8 Å². The molecule has 120 valence electrons. The van der Waals surface area contributed by atoms with Crippen LogP contribution in [0, 0.1) is 0 Å². The molecule has 2 aromatic rings. The lowest BCUT2D eigenvalue weighted by Gasteiger charge is -2.02. The lowest BCUT2D eigenvalue weighted by molar-refractivity contribution is -0.255. The van der Waals surface area contributed by atoms with Gasteiger partial charge in [-0.3, -0.25) is 4.79 Å². The third-order valence-electron chi connectivity index (χ3n) is 3.01. The van der Waals surface area contributed by atoms with Crippen molar-refractivity contribution in [3.05, 3.63) is 71.0 Å². The molecule has 0 bridgehead atoms. The Morgan fingerprint density at radius 2 is 2.17 bits per heavy atom. The van der Waals surface area contributed by atoms with E-state index in [1.165, 1.54) is 23.9 Å². The van der Waals surface area contributed by atoms with Crippen LogP contribution in [0.5, 0.6) is 0 Å². The molecule has 1 aliphatic rings. The summed E-state index contributed by atoms with van der Waals surface area (Å²) in [6.07, 6.45) is 6.66. The van der Waals surface area contributed by atoms with Gasteiger partial charge in [0.25, 0.3) is 5.91 Å². The molecule has 0 spiro atoms. The number of carboxylic acid groups (broad SMARTS) is 1. The molecule has 0 atom stereocenters. The zero-order valence-corrected chi connectivity index (χ0v) is 13.1. The van der Waals surface area contributed by atoms with Gasteiger partial charge in [-0.2, -0.15) is 0 Å². The molecule has 1 fully saturated rings. The van der Waals surface area contributed by atoms with Gasteiger partial charge in [-0.1, -0.05) is 18.2 Å². The Balaban J connectivity index is 1.74. The Bertz CT molecular complexity index is 866. The second-order valence-electron chi connectivity index (χ2n) is 4.72. The number of amides is 1. The summed E-state index contributed by atoms with van der Waals surface area (Å²) in [4.78, 5) is 27.5. The third kappa shape index (κ3) is 3.82. The van der Waals surface area contributed by atoms with Gasteiger partial charge >= 0.3 is 0 Å². The summed E-state index contributed by atoms with van der Waals surface area (Å²) in [5, 5.41) is 13.9. The second kappa shape index (κ2) is 7.01. The average Bonchev–Trinajstić information content (AvgIpc) is 3.18. The molecule has 0 unspecified atom stereocenters. The smallest absolute Gasteiger partial charge is 0.264 e. The van der Waals surface area contributed by atoms with Crippen LogP contribution in [0.2, 0.25) is 0 Å². The lowest BCUT2D eigenvalue weighted by atomic mass is 10.2. The predicted octanol–water partition coefficient (Wildman–Crippen LogP) is 2.09. The van der Waals surface area contributed by atoms with E-state index >= 15 is 0 Å². The number of benzene rings is 1. The minimum absolute atomic E-state index is 0.0309. The molecule has 1 aliphatic heterocycles. The highest BCUT2D eigenvalue weighted by atomic mass is 32.2. The van der Waals surface area contributed by atoms with E-state index < -0.39 is 5.97 Å². The van der Waals surface area contributed by atoms with Crippen molar-refractivity contribution >= 4 is 40.6 Å². The maximum Gasteiger partial charge on any atom is 0.264 e. The number of carboxylic acids is 1. The Morgan fingerprint density at radius 1 is 1.29 bits per heavy atom. The molecule has 2 heterocycles. The first kappa shape index (κ1) is 15.8. The van der Waals surface area contributed by atoms with Crippen LogP contribution in [-0.2, 0) is 4.79 Å². The quantitative estimate of drug-likeness (QED) is 0.861. The van der Waals surface area contributed by atoms with Crippen LogP contribution in [0.1, 0.15) is 16.1 Å². The van der Waals surface area contributed by atoms with E-state index in [0.717, 1.165) is 0 Å². The van der Waals surface area contributed by atoms with Crippen molar-refractivity contribution in [3.63, 3.8) is 0 Å². The van der Waals surface area contributed by atoms with Crippen molar-refractivity contribution in [1.82, 2.24) is 5.32 Å². The van der Waals surface area contributed by atoms with E-state index in [1.807, 2.05) is 0 Å². The maximum atomic E-state index is 11.9. The number of hydrogen-bond acceptors (Lipinski definition) is 6.